The fourth-order valence-corrected chi connectivity index (χ4v) is 4.02. The van der Waals surface area contributed by atoms with Crippen LogP contribution in [0.2, 0.25) is 0 Å². The smallest absolute Gasteiger partial charge is 0.352 e. The average Bonchev–Trinajstić information content (AvgIpc) is 2.43. The summed E-state index contributed by atoms with van der Waals surface area (Å²) in [5.41, 5.74) is 0.222. The maximum Gasteiger partial charge on any atom is 0.352 e. The lowest BCUT2D eigenvalue weighted by atomic mass is 10.0. The maximum atomic E-state index is 12.0. The Morgan fingerprint density at radius 3 is 2.71 bits per heavy atom. The maximum absolute atomic E-state index is 12.0. The molecule has 0 spiro atoms. The first-order valence-electron chi connectivity index (χ1n) is 6.06. The molecule has 2 heterocycles. The highest BCUT2D eigenvalue weighted by molar-refractivity contribution is 8.00. The van der Waals surface area contributed by atoms with Gasteiger partial charge >= 0.3 is 11.9 Å². The summed E-state index contributed by atoms with van der Waals surface area (Å²) in [7, 11) is 2.75. The van der Waals surface area contributed by atoms with Crippen LogP contribution < -0.4 is 5.09 Å². The first-order chi connectivity index (χ1) is 9.92. The molecule has 0 aromatic heterocycles. The summed E-state index contributed by atoms with van der Waals surface area (Å²) >= 11 is 1.38. The van der Waals surface area contributed by atoms with E-state index in [1.54, 1.807) is 0 Å². The van der Waals surface area contributed by atoms with Gasteiger partial charge in [0.15, 0.2) is 6.10 Å². The molecular weight excluding hydrogens is 319 g/mol. The second kappa shape index (κ2) is 6.31. The number of β-lactam (4-membered cyclic amide) rings is 1. The Balaban J connectivity index is 2.37. The molecule has 116 valence electrons. The van der Waals surface area contributed by atoms with E-state index < -0.39 is 30.2 Å². The van der Waals surface area contributed by atoms with E-state index >= 15 is 0 Å². The fraction of sp³-hybridized carbons (Fsp3) is 0.545. The molecule has 1 amide bonds. The highest BCUT2D eigenvalue weighted by Crippen LogP contribution is 2.42. The molecule has 10 heteroatoms. The second-order valence-corrected chi connectivity index (χ2v) is 5.95. The predicted molar refractivity (Wildman–Crippen MR) is 78.3 cm³/mol. The van der Waals surface area contributed by atoms with Crippen molar-refractivity contribution in [2.45, 2.75) is 24.6 Å². The number of hydrogen-bond donors (Lipinski definition) is 2. The minimum Gasteiger partial charge on any atom is -0.477 e. The van der Waals surface area contributed by atoms with Crippen LogP contribution in [-0.2, 0) is 23.9 Å². The lowest BCUT2D eigenvalue weighted by Gasteiger charge is -2.48. The van der Waals surface area contributed by atoms with Crippen LogP contribution in [0, 0.1) is 0 Å². The number of carbonyl (C=O) groups is 3. The molecule has 0 aromatic carbocycles. The van der Waals surface area contributed by atoms with Crippen molar-refractivity contribution in [2.75, 3.05) is 12.9 Å². The molecule has 1 fully saturated rings. The molecule has 2 unspecified atom stereocenters. The van der Waals surface area contributed by atoms with Gasteiger partial charge in [0.25, 0.3) is 5.91 Å². The topological polar surface area (TPSA) is 105 Å². The van der Waals surface area contributed by atoms with Crippen molar-refractivity contribution >= 4 is 39.0 Å². The van der Waals surface area contributed by atoms with Crippen LogP contribution >= 0.6 is 21.2 Å². The number of esters is 1. The number of nitrogens with zero attached hydrogens (tertiary/aromatic N) is 1. The van der Waals surface area contributed by atoms with E-state index in [-0.39, 0.29) is 11.1 Å². The molecule has 0 saturated carbocycles. The highest BCUT2D eigenvalue weighted by atomic mass is 32.2. The molecule has 0 bridgehead atoms. The number of rotatable bonds is 5. The Morgan fingerprint density at radius 1 is 1.57 bits per heavy atom. The van der Waals surface area contributed by atoms with Crippen molar-refractivity contribution in [3.63, 3.8) is 0 Å². The van der Waals surface area contributed by atoms with E-state index in [0.29, 0.717) is 11.3 Å². The third-order valence-electron chi connectivity index (χ3n) is 3.19. The number of hydrogen-bond acceptors (Lipinski definition) is 7. The van der Waals surface area contributed by atoms with E-state index in [1.165, 1.54) is 40.1 Å². The van der Waals surface area contributed by atoms with Gasteiger partial charge in [0.1, 0.15) is 11.1 Å². The van der Waals surface area contributed by atoms with Crippen LogP contribution in [0.1, 0.15) is 6.92 Å². The molecule has 2 aliphatic rings. The minimum atomic E-state index is -1.23. The van der Waals surface area contributed by atoms with Crippen molar-refractivity contribution in [3.8, 4) is 0 Å². The molecule has 2 N–H and O–H groups in total. The van der Waals surface area contributed by atoms with Gasteiger partial charge in [-0.15, -0.1) is 11.8 Å². The Morgan fingerprint density at radius 2 is 2.24 bits per heavy atom. The lowest BCUT2D eigenvalue weighted by molar-refractivity contribution is -0.162. The number of nitrogens with one attached hydrogen (secondary N) is 1. The molecule has 0 aromatic rings. The highest BCUT2D eigenvalue weighted by Gasteiger charge is 2.54. The first kappa shape index (κ1) is 16.2. The SMILES string of the molecule is CO[C@@H]1C(=O)N2C(C(=O)O)=C(C(N[PH3+])OC(C)=O)CS[C@H]12. The third kappa shape index (κ3) is 2.78. The molecule has 0 radical (unpaired) electrons. The molecule has 2 rings (SSSR count). The number of aliphatic carboxylic acids is 1. The van der Waals surface area contributed by atoms with E-state index in [0.717, 1.165) is 0 Å². The molecule has 1 saturated heterocycles. The van der Waals surface area contributed by atoms with Crippen molar-refractivity contribution in [3.05, 3.63) is 11.3 Å². The molecule has 8 nitrogen and oxygen atoms in total. The zero-order valence-corrected chi connectivity index (χ0v) is 13.7. The van der Waals surface area contributed by atoms with Gasteiger partial charge in [0.05, 0.1) is 0 Å². The number of fused-ring (bicyclic) bond motifs is 1. The zero-order valence-electron chi connectivity index (χ0n) is 11.5. The average molecular weight is 335 g/mol. The zero-order chi connectivity index (χ0) is 15.7. The van der Waals surface area contributed by atoms with Crippen molar-refractivity contribution in [1.82, 2.24) is 9.99 Å². The Kier molecular flexibility index (Phi) is 4.88. The van der Waals surface area contributed by atoms with Crippen LogP contribution in [0.25, 0.3) is 0 Å². The van der Waals surface area contributed by atoms with Crippen LogP contribution in [0.5, 0.6) is 0 Å². The van der Waals surface area contributed by atoms with Crippen LogP contribution in [0.3, 0.4) is 0 Å². The first-order valence-corrected chi connectivity index (χ1v) is 7.81. The summed E-state index contributed by atoms with van der Waals surface area (Å²) < 4.78 is 10.1. The van der Waals surface area contributed by atoms with Gasteiger partial charge in [-0.2, -0.15) is 5.09 Å². The summed E-state index contributed by atoms with van der Waals surface area (Å²) in [5, 5.41) is 11.8. The summed E-state index contributed by atoms with van der Waals surface area (Å²) in [6.45, 7) is 1.24. The Hall–Kier alpha value is -1.15. The molecule has 0 aliphatic carbocycles. The number of ether oxygens (including phenoxy) is 2. The van der Waals surface area contributed by atoms with Crippen molar-refractivity contribution < 1.29 is 29.0 Å². The lowest BCUT2D eigenvalue weighted by Crippen LogP contribution is -2.66. The Bertz CT molecular complexity index is 525. The van der Waals surface area contributed by atoms with Gasteiger partial charge in [0.2, 0.25) is 6.23 Å². The van der Waals surface area contributed by atoms with Gasteiger partial charge in [-0.1, -0.05) is 0 Å². The van der Waals surface area contributed by atoms with Crippen molar-refractivity contribution in [2.24, 2.45) is 0 Å². The van der Waals surface area contributed by atoms with Crippen molar-refractivity contribution in [1.29, 1.82) is 0 Å². The molecule has 4 atom stereocenters. The number of carboxylic acids is 1. The summed E-state index contributed by atoms with van der Waals surface area (Å²) in [6.07, 6.45) is -1.50. The van der Waals surface area contributed by atoms with E-state index in [9.17, 15) is 19.5 Å². The largest absolute Gasteiger partial charge is 0.477 e. The molecular formula is C11H16N2O6PS+. The standard InChI is InChI=1S/C11H15N2O6PS/c1-4(14)19-8(12-20)5-3-21-10-7(18-2)9(15)13(10)6(5)11(16)17/h7-8,10,12H,3,20H2,1-2H3,(H,16,17)/p+1/t7-,8?,10-/m1/s1. The summed E-state index contributed by atoms with van der Waals surface area (Å²) in [5.74, 6) is -1.83. The number of carboxylic acid groups (broad SMARTS) is 1. The van der Waals surface area contributed by atoms with E-state index in [4.69, 9.17) is 9.47 Å². The quantitative estimate of drug-likeness (QED) is 0.293. The predicted octanol–water partition coefficient (Wildman–Crippen LogP) is -0.744. The monoisotopic (exact) mass is 335 g/mol. The molecule has 2 aliphatic heterocycles. The molecule has 21 heavy (non-hydrogen) atoms. The number of carbonyl (C=O) groups excluding carboxylic acids is 2. The summed E-state index contributed by atoms with van der Waals surface area (Å²) in [4.78, 5) is 35.8. The van der Waals surface area contributed by atoms with Gasteiger partial charge < -0.3 is 14.6 Å². The van der Waals surface area contributed by atoms with Gasteiger partial charge in [0, 0.05) is 34.8 Å². The second-order valence-electron chi connectivity index (χ2n) is 4.44. The Labute approximate surface area is 127 Å². The number of thioether (sulfide) groups is 1. The fourth-order valence-electron chi connectivity index (χ4n) is 2.29. The van der Waals surface area contributed by atoms with Crippen LogP contribution in [0.15, 0.2) is 11.3 Å². The number of amides is 1. The van der Waals surface area contributed by atoms with E-state index in [2.05, 4.69) is 5.09 Å². The summed E-state index contributed by atoms with van der Waals surface area (Å²) in [6, 6.07) is 0. The van der Waals surface area contributed by atoms with Gasteiger partial charge in [-0.3, -0.25) is 14.5 Å². The van der Waals surface area contributed by atoms with Crippen LogP contribution in [-0.4, -0.2) is 58.4 Å². The van der Waals surface area contributed by atoms with Gasteiger partial charge in [-0.05, 0) is 0 Å². The third-order valence-corrected chi connectivity index (χ3v) is 4.84. The minimum absolute atomic E-state index is 0.137. The number of methoxy groups -OCH3 is 1. The van der Waals surface area contributed by atoms with E-state index in [1.807, 2.05) is 0 Å². The van der Waals surface area contributed by atoms with Crippen LogP contribution in [0.4, 0.5) is 0 Å². The van der Waals surface area contributed by atoms with Gasteiger partial charge in [-0.25, -0.2) is 4.79 Å². The normalized spacial score (nSPS) is 26.2.